The summed E-state index contributed by atoms with van der Waals surface area (Å²) in [5.74, 6) is 1.03. The maximum atomic E-state index is 12.5. The zero-order valence-electron chi connectivity index (χ0n) is 15.3. The molecule has 1 amide bonds. The second-order valence-electron chi connectivity index (χ2n) is 6.35. The highest BCUT2D eigenvalue weighted by Gasteiger charge is 2.15. The van der Waals surface area contributed by atoms with Crippen LogP contribution in [-0.4, -0.2) is 29.5 Å². The van der Waals surface area contributed by atoms with Gasteiger partial charge in [-0.2, -0.15) is 0 Å². The number of methoxy groups -OCH3 is 1. The number of rotatable bonds is 6. The molecule has 0 saturated carbocycles. The van der Waals surface area contributed by atoms with E-state index in [0.717, 1.165) is 22.1 Å². The lowest BCUT2D eigenvalue weighted by molar-refractivity contribution is -0.122. The molecule has 0 aliphatic rings. The SMILES string of the molecule is COc1ccc2cc([C@H](C)C(=O)NCCc3nc(N)cc(=O)[nH]3)ccc2c1. The van der Waals surface area contributed by atoms with Gasteiger partial charge in [-0.15, -0.1) is 0 Å². The van der Waals surface area contributed by atoms with Gasteiger partial charge in [0.2, 0.25) is 5.91 Å². The van der Waals surface area contributed by atoms with Crippen molar-refractivity contribution in [2.45, 2.75) is 19.3 Å². The number of ether oxygens (including phenoxy) is 1. The van der Waals surface area contributed by atoms with Gasteiger partial charge >= 0.3 is 0 Å². The molecule has 0 saturated heterocycles. The minimum Gasteiger partial charge on any atom is -0.497 e. The van der Waals surface area contributed by atoms with E-state index < -0.39 is 0 Å². The summed E-state index contributed by atoms with van der Waals surface area (Å²) >= 11 is 0. The van der Waals surface area contributed by atoms with Crippen LogP contribution in [0, 0.1) is 0 Å². The number of aromatic nitrogens is 2. The topological polar surface area (TPSA) is 110 Å². The molecule has 0 bridgehead atoms. The summed E-state index contributed by atoms with van der Waals surface area (Å²) in [7, 11) is 1.64. The Morgan fingerprint density at radius 3 is 2.70 bits per heavy atom. The Bertz CT molecular complexity index is 1030. The van der Waals surface area contributed by atoms with Gasteiger partial charge in [0.15, 0.2) is 0 Å². The molecule has 1 atom stereocenters. The van der Waals surface area contributed by atoms with Crippen molar-refractivity contribution >= 4 is 22.5 Å². The number of nitrogens with zero attached hydrogens (tertiary/aromatic N) is 1. The van der Waals surface area contributed by atoms with E-state index in [1.807, 2.05) is 43.3 Å². The maximum Gasteiger partial charge on any atom is 0.252 e. The molecule has 4 N–H and O–H groups in total. The van der Waals surface area contributed by atoms with Crippen LogP contribution in [0.4, 0.5) is 5.82 Å². The van der Waals surface area contributed by atoms with E-state index in [9.17, 15) is 9.59 Å². The summed E-state index contributed by atoms with van der Waals surface area (Å²) in [5, 5.41) is 4.98. The molecule has 0 unspecified atom stereocenters. The van der Waals surface area contributed by atoms with Crippen molar-refractivity contribution in [1.29, 1.82) is 0 Å². The van der Waals surface area contributed by atoms with Gasteiger partial charge < -0.3 is 20.8 Å². The first kappa shape index (κ1) is 18.4. The largest absolute Gasteiger partial charge is 0.497 e. The molecule has 0 spiro atoms. The normalized spacial score (nSPS) is 11.9. The van der Waals surface area contributed by atoms with Crippen molar-refractivity contribution in [1.82, 2.24) is 15.3 Å². The molecule has 7 heteroatoms. The van der Waals surface area contributed by atoms with E-state index in [2.05, 4.69) is 15.3 Å². The summed E-state index contributed by atoms with van der Waals surface area (Å²) in [6.07, 6.45) is 0.399. The van der Waals surface area contributed by atoms with Crippen molar-refractivity contribution in [3.05, 3.63) is 64.2 Å². The zero-order valence-corrected chi connectivity index (χ0v) is 15.3. The fourth-order valence-electron chi connectivity index (χ4n) is 2.89. The van der Waals surface area contributed by atoms with Gasteiger partial charge in [0.25, 0.3) is 5.56 Å². The number of aromatic amines is 1. The Morgan fingerprint density at radius 2 is 1.96 bits per heavy atom. The Morgan fingerprint density at radius 1 is 1.22 bits per heavy atom. The Labute approximate surface area is 156 Å². The van der Waals surface area contributed by atoms with Crippen LogP contribution in [0.3, 0.4) is 0 Å². The molecule has 0 radical (unpaired) electrons. The predicted octanol–water partition coefficient (Wildman–Crippen LogP) is 1.98. The minimum absolute atomic E-state index is 0.0888. The quantitative estimate of drug-likeness (QED) is 0.618. The predicted molar refractivity (Wildman–Crippen MR) is 105 cm³/mol. The molecule has 0 aliphatic heterocycles. The molecular formula is C20H22N4O3. The highest BCUT2D eigenvalue weighted by molar-refractivity contribution is 5.88. The molecule has 1 heterocycles. The molecule has 2 aromatic carbocycles. The van der Waals surface area contributed by atoms with Crippen LogP contribution >= 0.6 is 0 Å². The number of nitrogens with one attached hydrogen (secondary N) is 2. The second-order valence-corrected chi connectivity index (χ2v) is 6.35. The molecule has 7 nitrogen and oxygen atoms in total. The molecule has 0 fully saturated rings. The highest BCUT2D eigenvalue weighted by Crippen LogP contribution is 2.25. The van der Waals surface area contributed by atoms with Crippen LogP contribution in [0.5, 0.6) is 5.75 Å². The maximum absolute atomic E-state index is 12.5. The van der Waals surface area contributed by atoms with E-state index >= 15 is 0 Å². The van der Waals surface area contributed by atoms with Gasteiger partial charge in [-0.3, -0.25) is 9.59 Å². The number of carbonyl (C=O) groups excluding carboxylic acids is 1. The van der Waals surface area contributed by atoms with Crippen LogP contribution < -0.4 is 21.3 Å². The molecule has 140 valence electrons. The lowest BCUT2D eigenvalue weighted by Gasteiger charge is -2.13. The van der Waals surface area contributed by atoms with Gasteiger partial charge in [-0.1, -0.05) is 24.3 Å². The fourth-order valence-corrected chi connectivity index (χ4v) is 2.89. The van der Waals surface area contributed by atoms with Crippen LogP contribution in [0.2, 0.25) is 0 Å². The van der Waals surface area contributed by atoms with E-state index in [0.29, 0.717) is 18.8 Å². The number of H-pyrrole nitrogens is 1. The van der Waals surface area contributed by atoms with Gasteiger partial charge in [0.05, 0.1) is 13.0 Å². The van der Waals surface area contributed by atoms with Gasteiger partial charge in [-0.25, -0.2) is 4.98 Å². The number of benzene rings is 2. The van der Waals surface area contributed by atoms with Crippen LogP contribution in [-0.2, 0) is 11.2 Å². The molecule has 0 aliphatic carbocycles. The number of carbonyl (C=O) groups is 1. The number of nitrogens with two attached hydrogens (primary N) is 1. The third-order valence-electron chi connectivity index (χ3n) is 4.44. The van der Waals surface area contributed by atoms with Crippen LogP contribution in [0.25, 0.3) is 10.8 Å². The Kier molecular flexibility index (Phi) is 5.40. The first-order chi connectivity index (χ1) is 13.0. The van der Waals surface area contributed by atoms with Gasteiger partial charge in [-0.05, 0) is 35.4 Å². The average Bonchev–Trinajstić information content (AvgIpc) is 2.65. The lowest BCUT2D eigenvalue weighted by atomic mass is 9.97. The number of hydrogen-bond donors (Lipinski definition) is 3. The Balaban J connectivity index is 1.64. The van der Waals surface area contributed by atoms with Crippen molar-refractivity contribution in [3.8, 4) is 5.75 Å². The minimum atomic E-state index is -0.302. The zero-order chi connectivity index (χ0) is 19.4. The second kappa shape index (κ2) is 7.90. The Hall–Kier alpha value is -3.35. The average molecular weight is 366 g/mol. The van der Waals surface area contributed by atoms with E-state index in [1.54, 1.807) is 7.11 Å². The monoisotopic (exact) mass is 366 g/mol. The van der Waals surface area contributed by atoms with Gasteiger partial charge in [0.1, 0.15) is 17.4 Å². The molecule has 1 aromatic heterocycles. The fraction of sp³-hybridized carbons (Fsp3) is 0.250. The molecule has 27 heavy (non-hydrogen) atoms. The third kappa shape index (κ3) is 4.44. The standard InChI is InChI=1S/C20H22N4O3/c1-12(13-3-4-15-10-16(27-2)6-5-14(15)9-13)20(26)22-8-7-18-23-17(21)11-19(25)24-18/h3-6,9-12H,7-8H2,1-2H3,(H,22,26)(H3,21,23,24,25)/t12-/m0/s1. The van der Waals surface area contributed by atoms with Crippen LogP contribution in [0.15, 0.2) is 47.3 Å². The summed E-state index contributed by atoms with van der Waals surface area (Å²) in [5.41, 5.74) is 6.18. The van der Waals surface area contributed by atoms with Crippen LogP contribution in [0.1, 0.15) is 24.2 Å². The molecule has 3 aromatic rings. The highest BCUT2D eigenvalue weighted by atomic mass is 16.5. The molecule has 3 rings (SSSR count). The first-order valence-corrected chi connectivity index (χ1v) is 8.67. The number of amides is 1. The van der Waals surface area contributed by atoms with E-state index in [4.69, 9.17) is 10.5 Å². The summed E-state index contributed by atoms with van der Waals surface area (Å²) < 4.78 is 5.23. The van der Waals surface area contributed by atoms with E-state index in [1.165, 1.54) is 6.07 Å². The van der Waals surface area contributed by atoms with Crippen molar-refractivity contribution in [3.63, 3.8) is 0 Å². The summed E-state index contributed by atoms with van der Waals surface area (Å²) in [6, 6.07) is 13.0. The number of anilines is 1. The lowest BCUT2D eigenvalue weighted by Crippen LogP contribution is -2.30. The van der Waals surface area contributed by atoms with Crippen molar-refractivity contribution in [2.75, 3.05) is 19.4 Å². The number of hydrogen-bond acceptors (Lipinski definition) is 5. The van der Waals surface area contributed by atoms with Crippen molar-refractivity contribution < 1.29 is 9.53 Å². The molecular weight excluding hydrogens is 344 g/mol. The summed E-state index contributed by atoms with van der Waals surface area (Å²) in [4.78, 5) is 30.5. The number of fused-ring (bicyclic) bond motifs is 1. The number of nitrogen functional groups attached to an aromatic ring is 1. The van der Waals surface area contributed by atoms with Crippen molar-refractivity contribution in [2.24, 2.45) is 0 Å². The first-order valence-electron chi connectivity index (χ1n) is 8.67. The van der Waals surface area contributed by atoms with E-state index in [-0.39, 0.29) is 23.2 Å². The smallest absolute Gasteiger partial charge is 0.252 e. The van der Waals surface area contributed by atoms with Gasteiger partial charge in [0, 0.05) is 19.0 Å². The summed E-state index contributed by atoms with van der Waals surface area (Å²) in [6.45, 7) is 2.22. The third-order valence-corrected chi connectivity index (χ3v) is 4.44.